The van der Waals surface area contributed by atoms with Crippen LogP contribution in [0.3, 0.4) is 0 Å². The van der Waals surface area contributed by atoms with E-state index < -0.39 is 0 Å². The van der Waals surface area contributed by atoms with Gasteiger partial charge in [0.05, 0.1) is 5.60 Å². The van der Waals surface area contributed by atoms with Gasteiger partial charge in [-0.05, 0) is 18.1 Å². The summed E-state index contributed by atoms with van der Waals surface area (Å²) in [4.78, 5) is 4.19. The number of methoxy groups -OCH3 is 1. The third-order valence-corrected chi connectivity index (χ3v) is 2.79. The van der Waals surface area contributed by atoms with E-state index in [1.807, 2.05) is 12.4 Å². The van der Waals surface area contributed by atoms with Crippen molar-refractivity contribution >= 4 is 0 Å². The molecule has 3 heteroatoms. The Kier molecular flexibility index (Phi) is 2.52. The summed E-state index contributed by atoms with van der Waals surface area (Å²) in [5, 5.41) is 3.24. The number of hydrogen-bond acceptors (Lipinski definition) is 3. The SMILES string of the molecule is COC1(Cc2cncc(C)c2)CNC1. The van der Waals surface area contributed by atoms with Crippen LogP contribution in [0.15, 0.2) is 18.5 Å². The molecule has 0 radical (unpaired) electrons. The molecule has 0 unspecified atom stereocenters. The predicted molar refractivity (Wildman–Crippen MR) is 55.3 cm³/mol. The van der Waals surface area contributed by atoms with Crippen LogP contribution in [0.25, 0.3) is 0 Å². The number of nitrogens with one attached hydrogen (secondary N) is 1. The zero-order valence-electron chi connectivity index (χ0n) is 8.71. The lowest BCUT2D eigenvalue weighted by Crippen LogP contribution is -2.61. The van der Waals surface area contributed by atoms with Crippen LogP contribution in [-0.4, -0.2) is 30.8 Å². The van der Waals surface area contributed by atoms with Gasteiger partial charge in [0.1, 0.15) is 0 Å². The second kappa shape index (κ2) is 3.67. The molecule has 1 saturated heterocycles. The van der Waals surface area contributed by atoms with Crippen LogP contribution in [0, 0.1) is 6.92 Å². The van der Waals surface area contributed by atoms with Crippen molar-refractivity contribution in [1.82, 2.24) is 10.3 Å². The monoisotopic (exact) mass is 192 g/mol. The van der Waals surface area contributed by atoms with Crippen LogP contribution in [0.5, 0.6) is 0 Å². The first-order chi connectivity index (χ1) is 6.74. The van der Waals surface area contributed by atoms with E-state index in [2.05, 4.69) is 23.3 Å². The Morgan fingerprint density at radius 3 is 2.79 bits per heavy atom. The molecule has 1 fully saturated rings. The highest BCUT2D eigenvalue weighted by atomic mass is 16.5. The van der Waals surface area contributed by atoms with Crippen molar-refractivity contribution in [3.63, 3.8) is 0 Å². The van der Waals surface area contributed by atoms with Crippen molar-refractivity contribution in [1.29, 1.82) is 0 Å². The maximum Gasteiger partial charge on any atom is 0.0966 e. The second-order valence-electron chi connectivity index (χ2n) is 4.04. The summed E-state index contributed by atoms with van der Waals surface area (Å²) >= 11 is 0. The minimum atomic E-state index is 0.00940. The molecule has 2 heterocycles. The molecule has 76 valence electrons. The van der Waals surface area contributed by atoms with Gasteiger partial charge in [0.15, 0.2) is 0 Å². The minimum Gasteiger partial charge on any atom is -0.375 e. The number of ether oxygens (including phenoxy) is 1. The number of aryl methyl sites for hydroxylation is 1. The fourth-order valence-corrected chi connectivity index (χ4v) is 1.83. The van der Waals surface area contributed by atoms with Gasteiger partial charge in [-0.1, -0.05) is 6.07 Å². The Balaban J connectivity index is 2.09. The molecule has 1 N–H and O–H groups in total. The Morgan fingerprint density at radius 1 is 1.50 bits per heavy atom. The summed E-state index contributed by atoms with van der Waals surface area (Å²) in [5.74, 6) is 0. The summed E-state index contributed by atoms with van der Waals surface area (Å²) in [7, 11) is 1.78. The summed E-state index contributed by atoms with van der Waals surface area (Å²) in [6.45, 7) is 3.95. The molecule has 1 aromatic rings. The van der Waals surface area contributed by atoms with Gasteiger partial charge in [-0.2, -0.15) is 0 Å². The molecule has 2 rings (SSSR count). The Labute approximate surface area is 84.5 Å². The van der Waals surface area contributed by atoms with Crippen molar-refractivity contribution in [2.24, 2.45) is 0 Å². The van der Waals surface area contributed by atoms with Crippen LogP contribution in [0.2, 0.25) is 0 Å². The number of rotatable bonds is 3. The first kappa shape index (κ1) is 9.62. The quantitative estimate of drug-likeness (QED) is 0.773. The first-order valence-electron chi connectivity index (χ1n) is 4.90. The molecule has 0 aromatic carbocycles. The molecule has 0 spiro atoms. The molecular formula is C11H16N2O. The Hall–Kier alpha value is -0.930. The lowest BCUT2D eigenvalue weighted by molar-refractivity contribution is -0.0502. The molecule has 0 saturated carbocycles. The van der Waals surface area contributed by atoms with Gasteiger partial charge in [-0.3, -0.25) is 4.98 Å². The number of nitrogens with zero attached hydrogens (tertiary/aromatic N) is 1. The predicted octanol–water partition coefficient (Wildman–Crippen LogP) is 0.921. The van der Waals surface area contributed by atoms with E-state index in [0.29, 0.717) is 0 Å². The highest BCUT2D eigenvalue weighted by Crippen LogP contribution is 2.21. The normalized spacial score (nSPS) is 19.0. The molecule has 3 nitrogen and oxygen atoms in total. The zero-order chi connectivity index (χ0) is 10.0. The minimum absolute atomic E-state index is 0.00940. The van der Waals surface area contributed by atoms with Crippen LogP contribution < -0.4 is 5.32 Å². The third kappa shape index (κ3) is 1.79. The molecular weight excluding hydrogens is 176 g/mol. The molecule has 0 bridgehead atoms. The molecule has 0 atom stereocenters. The number of aromatic nitrogens is 1. The van der Waals surface area contributed by atoms with Gasteiger partial charge in [0, 0.05) is 39.0 Å². The van der Waals surface area contributed by atoms with Crippen LogP contribution in [-0.2, 0) is 11.2 Å². The largest absolute Gasteiger partial charge is 0.375 e. The van der Waals surface area contributed by atoms with E-state index in [1.54, 1.807) is 7.11 Å². The smallest absolute Gasteiger partial charge is 0.0966 e. The topological polar surface area (TPSA) is 34.1 Å². The molecule has 0 amide bonds. The van der Waals surface area contributed by atoms with Gasteiger partial charge in [-0.15, -0.1) is 0 Å². The van der Waals surface area contributed by atoms with E-state index in [-0.39, 0.29) is 5.60 Å². The molecule has 14 heavy (non-hydrogen) atoms. The van der Waals surface area contributed by atoms with Gasteiger partial charge in [0.25, 0.3) is 0 Å². The van der Waals surface area contributed by atoms with Crippen LogP contribution in [0.1, 0.15) is 11.1 Å². The van der Waals surface area contributed by atoms with Crippen LogP contribution in [0.4, 0.5) is 0 Å². The zero-order valence-corrected chi connectivity index (χ0v) is 8.71. The van der Waals surface area contributed by atoms with Crippen molar-refractivity contribution in [2.45, 2.75) is 18.9 Å². The lowest BCUT2D eigenvalue weighted by Gasteiger charge is -2.41. The average molecular weight is 192 g/mol. The maximum atomic E-state index is 5.53. The summed E-state index contributed by atoms with van der Waals surface area (Å²) in [5.41, 5.74) is 2.48. The maximum absolute atomic E-state index is 5.53. The van der Waals surface area contributed by atoms with Crippen molar-refractivity contribution in [2.75, 3.05) is 20.2 Å². The lowest BCUT2D eigenvalue weighted by atomic mass is 9.89. The van der Waals surface area contributed by atoms with E-state index >= 15 is 0 Å². The van der Waals surface area contributed by atoms with Crippen molar-refractivity contribution < 1.29 is 4.74 Å². The van der Waals surface area contributed by atoms with Crippen molar-refractivity contribution in [3.05, 3.63) is 29.6 Å². The Bertz CT molecular complexity index is 315. The van der Waals surface area contributed by atoms with E-state index in [9.17, 15) is 0 Å². The third-order valence-electron chi connectivity index (χ3n) is 2.79. The molecule has 1 aliphatic rings. The van der Waals surface area contributed by atoms with Crippen molar-refractivity contribution in [3.8, 4) is 0 Å². The summed E-state index contributed by atoms with van der Waals surface area (Å²) in [6, 6.07) is 2.17. The summed E-state index contributed by atoms with van der Waals surface area (Å²) in [6.07, 6.45) is 4.75. The molecule has 1 aliphatic heterocycles. The fourth-order valence-electron chi connectivity index (χ4n) is 1.83. The van der Waals surface area contributed by atoms with E-state index in [0.717, 1.165) is 19.5 Å². The van der Waals surface area contributed by atoms with Gasteiger partial charge < -0.3 is 10.1 Å². The van der Waals surface area contributed by atoms with Crippen LogP contribution >= 0.6 is 0 Å². The standard InChI is InChI=1S/C11H16N2O/c1-9-3-10(6-12-5-9)4-11(14-2)7-13-8-11/h3,5-6,13H,4,7-8H2,1-2H3. The van der Waals surface area contributed by atoms with Gasteiger partial charge in [0.2, 0.25) is 0 Å². The van der Waals surface area contributed by atoms with E-state index in [1.165, 1.54) is 11.1 Å². The number of pyridine rings is 1. The second-order valence-corrected chi connectivity index (χ2v) is 4.04. The highest BCUT2D eigenvalue weighted by Gasteiger charge is 2.36. The molecule has 1 aromatic heterocycles. The summed E-state index contributed by atoms with van der Waals surface area (Å²) < 4.78 is 5.53. The first-order valence-corrected chi connectivity index (χ1v) is 4.90. The average Bonchev–Trinajstić information content (AvgIpc) is 2.11. The Morgan fingerprint density at radius 2 is 2.29 bits per heavy atom. The van der Waals surface area contributed by atoms with Gasteiger partial charge >= 0.3 is 0 Å². The molecule has 0 aliphatic carbocycles. The fraction of sp³-hybridized carbons (Fsp3) is 0.545. The number of hydrogen-bond donors (Lipinski definition) is 1. The van der Waals surface area contributed by atoms with Gasteiger partial charge in [-0.25, -0.2) is 0 Å². The van der Waals surface area contributed by atoms with E-state index in [4.69, 9.17) is 4.74 Å². The highest BCUT2D eigenvalue weighted by molar-refractivity contribution is 5.20.